The minimum Gasteiger partial charge on any atom is -0.394 e. The van der Waals surface area contributed by atoms with Gasteiger partial charge in [0.2, 0.25) is 5.91 Å². The van der Waals surface area contributed by atoms with E-state index in [-0.39, 0.29) is 12.5 Å². The van der Waals surface area contributed by atoms with Crippen molar-refractivity contribution in [3.8, 4) is 0 Å². The largest absolute Gasteiger partial charge is 0.394 e. The van der Waals surface area contributed by atoms with Gasteiger partial charge in [0, 0.05) is 6.42 Å². The van der Waals surface area contributed by atoms with Crippen molar-refractivity contribution in [2.75, 3.05) is 6.61 Å². The lowest BCUT2D eigenvalue weighted by atomic mass is 10.0. The van der Waals surface area contributed by atoms with E-state index in [2.05, 4.69) is 19.2 Å². The number of rotatable bonds is 66. The second-order valence-corrected chi connectivity index (χ2v) is 24.3. The van der Waals surface area contributed by atoms with Crippen LogP contribution in [0.25, 0.3) is 0 Å². The molecule has 73 heavy (non-hydrogen) atoms. The van der Waals surface area contributed by atoms with Gasteiger partial charge in [0.05, 0.1) is 18.8 Å². The molecule has 0 aliphatic rings. The number of unbranched alkanes of at least 4 members (excludes halogenated alkanes) is 59. The Morgan fingerprint density at radius 1 is 0.274 bits per heavy atom. The topological polar surface area (TPSA) is 69.6 Å². The van der Waals surface area contributed by atoms with Gasteiger partial charge in [0.25, 0.3) is 0 Å². The van der Waals surface area contributed by atoms with E-state index in [0.717, 1.165) is 25.7 Å². The van der Waals surface area contributed by atoms with E-state index >= 15 is 0 Å². The van der Waals surface area contributed by atoms with Crippen LogP contribution in [0.5, 0.6) is 0 Å². The maximum absolute atomic E-state index is 12.6. The Kier molecular flexibility index (Phi) is 65.1. The zero-order valence-electron chi connectivity index (χ0n) is 50.7. The van der Waals surface area contributed by atoms with Crippen molar-refractivity contribution in [1.29, 1.82) is 0 Å². The number of hydrogen-bond acceptors (Lipinski definition) is 3. The second kappa shape index (κ2) is 65.7. The van der Waals surface area contributed by atoms with E-state index in [1.165, 1.54) is 366 Å². The third-order valence-corrected chi connectivity index (χ3v) is 16.9. The molecule has 3 N–H and O–H groups in total. The summed E-state index contributed by atoms with van der Waals surface area (Å²) in [5, 5.41) is 23.5. The Hall–Kier alpha value is -0.610. The van der Waals surface area contributed by atoms with Crippen molar-refractivity contribution in [3.05, 3.63) is 0 Å². The first-order chi connectivity index (χ1) is 36.2. The Morgan fingerprint density at radius 3 is 0.616 bits per heavy atom. The molecule has 0 aromatic rings. The first kappa shape index (κ1) is 72.4. The van der Waals surface area contributed by atoms with Crippen LogP contribution in [0.1, 0.15) is 418 Å². The molecule has 0 aliphatic heterocycles. The summed E-state index contributed by atoms with van der Waals surface area (Å²) in [6.07, 6.45) is 85.9. The van der Waals surface area contributed by atoms with Crippen LogP contribution in [0.3, 0.4) is 0 Å². The summed E-state index contributed by atoms with van der Waals surface area (Å²) in [4.78, 5) is 12.6. The summed E-state index contributed by atoms with van der Waals surface area (Å²) in [6.45, 7) is 4.42. The average Bonchev–Trinajstić information content (AvgIpc) is 3.40. The summed E-state index contributed by atoms with van der Waals surface area (Å²) in [5.41, 5.74) is 0. The van der Waals surface area contributed by atoms with E-state index in [1.54, 1.807) is 0 Å². The van der Waals surface area contributed by atoms with Gasteiger partial charge in [-0.2, -0.15) is 0 Å². The molecule has 2 unspecified atom stereocenters. The first-order valence-corrected chi connectivity index (χ1v) is 34.7. The fourth-order valence-electron chi connectivity index (χ4n) is 11.6. The van der Waals surface area contributed by atoms with Crippen LogP contribution in [0.4, 0.5) is 0 Å². The molecular weight excluding hydrogens is 891 g/mol. The van der Waals surface area contributed by atoms with E-state index in [4.69, 9.17) is 0 Å². The van der Waals surface area contributed by atoms with E-state index in [0.29, 0.717) is 12.8 Å². The minimum atomic E-state index is -0.656. The molecule has 0 saturated heterocycles. The van der Waals surface area contributed by atoms with Gasteiger partial charge < -0.3 is 15.5 Å². The summed E-state index contributed by atoms with van der Waals surface area (Å²) in [6, 6.07) is -0.533. The van der Waals surface area contributed by atoms with Crippen LogP contribution in [-0.2, 0) is 4.79 Å². The van der Waals surface area contributed by atoms with Gasteiger partial charge in [-0.1, -0.05) is 399 Å². The molecule has 0 fully saturated rings. The molecule has 0 rings (SSSR count). The van der Waals surface area contributed by atoms with Crippen molar-refractivity contribution < 1.29 is 15.0 Å². The Labute approximate surface area is 461 Å². The summed E-state index contributed by atoms with van der Waals surface area (Å²) >= 11 is 0. The average molecular weight is 1030 g/mol. The first-order valence-electron chi connectivity index (χ1n) is 34.7. The third-order valence-electron chi connectivity index (χ3n) is 16.9. The van der Waals surface area contributed by atoms with Crippen molar-refractivity contribution in [2.45, 2.75) is 431 Å². The molecule has 0 spiro atoms. The number of nitrogens with one attached hydrogen (secondary N) is 1. The van der Waals surface area contributed by atoms with E-state index < -0.39 is 12.1 Å². The molecule has 0 aromatic carbocycles. The Morgan fingerprint density at radius 2 is 0.438 bits per heavy atom. The Bertz CT molecular complexity index is 987. The van der Waals surface area contributed by atoms with Crippen LogP contribution in [0.15, 0.2) is 0 Å². The lowest BCUT2D eigenvalue weighted by molar-refractivity contribution is -0.123. The molecule has 2 atom stereocenters. The molecule has 438 valence electrons. The maximum atomic E-state index is 12.6. The van der Waals surface area contributed by atoms with E-state index in [1.807, 2.05) is 0 Å². The van der Waals surface area contributed by atoms with Crippen molar-refractivity contribution in [3.63, 3.8) is 0 Å². The smallest absolute Gasteiger partial charge is 0.220 e. The lowest BCUT2D eigenvalue weighted by Crippen LogP contribution is -2.45. The lowest BCUT2D eigenvalue weighted by Gasteiger charge is -2.22. The zero-order chi connectivity index (χ0) is 52.7. The predicted molar refractivity (Wildman–Crippen MR) is 327 cm³/mol. The van der Waals surface area contributed by atoms with Crippen molar-refractivity contribution in [2.24, 2.45) is 0 Å². The highest BCUT2D eigenvalue weighted by Gasteiger charge is 2.20. The van der Waals surface area contributed by atoms with Crippen molar-refractivity contribution in [1.82, 2.24) is 5.32 Å². The van der Waals surface area contributed by atoms with Crippen LogP contribution in [0.2, 0.25) is 0 Å². The molecule has 0 bridgehead atoms. The molecule has 0 aliphatic carbocycles. The molecule has 1 amide bonds. The van der Waals surface area contributed by atoms with Crippen LogP contribution < -0.4 is 5.32 Å². The fourth-order valence-corrected chi connectivity index (χ4v) is 11.6. The highest BCUT2D eigenvalue weighted by molar-refractivity contribution is 5.76. The molecule has 0 aromatic heterocycles. The van der Waals surface area contributed by atoms with E-state index in [9.17, 15) is 15.0 Å². The zero-order valence-corrected chi connectivity index (χ0v) is 50.7. The summed E-state index contributed by atoms with van der Waals surface area (Å²) in [7, 11) is 0. The number of carbonyl (C=O) groups excluding carboxylic acids is 1. The number of aliphatic hydroxyl groups is 2. The predicted octanol–water partition coefficient (Wildman–Crippen LogP) is 23.4. The monoisotopic (exact) mass is 1030 g/mol. The molecular formula is C69H139NO3. The number of carbonyl (C=O) groups is 1. The second-order valence-electron chi connectivity index (χ2n) is 24.3. The number of aliphatic hydroxyl groups excluding tert-OH is 2. The van der Waals surface area contributed by atoms with Crippen LogP contribution in [-0.4, -0.2) is 34.9 Å². The fraction of sp³-hybridized carbons (Fsp3) is 0.986. The molecule has 4 nitrogen and oxygen atoms in total. The highest BCUT2D eigenvalue weighted by atomic mass is 16.3. The standard InChI is InChI=1S/C69H139NO3/c1-3-5-7-9-11-13-15-17-19-21-23-25-27-29-31-33-34-35-37-39-41-43-45-47-49-51-53-55-57-59-61-63-65-69(73)70-67(66-71)68(72)64-62-60-58-56-54-52-50-48-46-44-42-40-38-36-32-30-28-26-24-22-20-18-16-14-12-10-8-6-4-2/h67-68,71-72H,3-66H2,1-2H3,(H,70,73). The quantitative estimate of drug-likeness (QED) is 0.0532. The normalized spacial score (nSPS) is 12.5. The van der Waals surface area contributed by atoms with Gasteiger partial charge in [-0.05, 0) is 12.8 Å². The van der Waals surface area contributed by atoms with Crippen LogP contribution in [0, 0.1) is 0 Å². The maximum Gasteiger partial charge on any atom is 0.220 e. The van der Waals surface area contributed by atoms with Crippen LogP contribution >= 0.6 is 0 Å². The molecule has 0 saturated carbocycles. The number of amides is 1. The van der Waals surface area contributed by atoms with Gasteiger partial charge in [0.15, 0.2) is 0 Å². The minimum absolute atomic E-state index is 0.0192. The SMILES string of the molecule is CCCCCCCCCCCCCCCCCCCCCCCCCCCCCCCCCCC(=O)NC(CO)C(O)CCCCCCCCCCCCCCCCCCCCCCCCCCCCCCC. The summed E-state index contributed by atoms with van der Waals surface area (Å²) < 4.78 is 0. The molecule has 4 heteroatoms. The number of hydrogen-bond donors (Lipinski definition) is 3. The van der Waals surface area contributed by atoms with Gasteiger partial charge in [-0.15, -0.1) is 0 Å². The Balaban J connectivity index is 3.35. The highest BCUT2D eigenvalue weighted by Crippen LogP contribution is 2.20. The van der Waals surface area contributed by atoms with Gasteiger partial charge >= 0.3 is 0 Å². The third kappa shape index (κ3) is 62.1. The summed E-state index contributed by atoms with van der Waals surface area (Å²) in [5.74, 6) is -0.0192. The van der Waals surface area contributed by atoms with Gasteiger partial charge in [0.1, 0.15) is 0 Å². The van der Waals surface area contributed by atoms with Gasteiger partial charge in [-0.25, -0.2) is 0 Å². The molecule has 0 heterocycles. The van der Waals surface area contributed by atoms with Crippen molar-refractivity contribution >= 4 is 5.91 Å². The van der Waals surface area contributed by atoms with Gasteiger partial charge in [-0.3, -0.25) is 4.79 Å². The molecule has 0 radical (unpaired) electrons.